The lowest BCUT2D eigenvalue weighted by Crippen LogP contribution is -2.33. The van der Waals surface area contributed by atoms with Gasteiger partial charge in [0.15, 0.2) is 0 Å². The van der Waals surface area contributed by atoms with Gasteiger partial charge in [0.1, 0.15) is 5.78 Å². The molecule has 0 saturated heterocycles. The van der Waals surface area contributed by atoms with Crippen LogP contribution in [0.15, 0.2) is 0 Å². The predicted molar refractivity (Wildman–Crippen MR) is 63.2 cm³/mol. The lowest BCUT2D eigenvalue weighted by molar-refractivity contribution is -0.132. The van der Waals surface area contributed by atoms with Gasteiger partial charge >= 0.3 is 0 Å². The molecule has 0 aromatic rings. The van der Waals surface area contributed by atoms with Crippen LogP contribution in [0.1, 0.15) is 46.5 Å². The zero-order valence-corrected chi connectivity index (χ0v) is 10.7. The zero-order chi connectivity index (χ0) is 12.2. The van der Waals surface area contributed by atoms with Crippen LogP contribution in [0, 0.1) is 11.3 Å². The van der Waals surface area contributed by atoms with Crippen LogP contribution in [-0.4, -0.2) is 30.2 Å². The van der Waals surface area contributed by atoms with E-state index in [0.717, 1.165) is 25.7 Å². The summed E-state index contributed by atoms with van der Waals surface area (Å²) in [6.45, 7) is 6.47. The molecular weight excluding hydrogens is 204 g/mol. The van der Waals surface area contributed by atoms with Gasteiger partial charge in [-0.05, 0) is 25.7 Å². The molecule has 16 heavy (non-hydrogen) atoms. The molecule has 0 bridgehead atoms. The minimum absolute atomic E-state index is 0.0842. The molecule has 0 aliphatic heterocycles. The molecule has 1 aliphatic carbocycles. The molecular formula is C13H24O3. The van der Waals surface area contributed by atoms with E-state index in [9.17, 15) is 4.79 Å². The van der Waals surface area contributed by atoms with Crippen LogP contribution >= 0.6 is 0 Å². The highest BCUT2D eigenvalue weighted by Crippen LogP contribution is 2.32. The highest BCUT2D eigenvalue weighted by Gasteiger charge is 2.32. The molecule has 1 N–H and O–H groups in total. The molecule has 0 atom stereocenters. The second-order valence-corrected chi connectivity index (χ2v) is 5.68. The van der Waals surface area contributed by atoms with Crippen molar-refractivity contribution in [1.29, 1.82) is 0 Å². The fourth-order valence-corrected chi connectivity index (χ4v) is 2.32. The fourth-order valence-electron chi connectivity index (χ4n) is 2.32. The van der Waals surface area contributed by atoms with Gasteiger partial charge in [-0.1, -0.05) is 20.8 Å². The van der Waals surface area contributed by atoms with E-state index in [1.807, 2.05) is 20.8 Å². The Morgan fingerprint density at radius 1 is 1.25 bits per heavy atom. The van der Waals surface area contributed by atoms with E-state index in [0.29, 0.717) is 12.4 Å². The number of aliphatic hydroxyl groups is 1. The zero-order valence-electron chi connectivity index (χ0n) is 10.7. The van der Waals surface area contributed by atoms with E-state index in [4.69, 9.17) is 9.84 Å². The van der Waals surface area contributed by atoms with Gasteiger partial charge in [-0.25, -0.2) is 0 Å². The highest BCUT2D eigenvalue weighted by molar-refractivity contribution is 5.86. The molecule has 0 aromatic heterocycles. The summed E-state index contributed by atoms with van der Waals surface area (Å²) < 4.78 is 5.48. The Balaban J connectivity index is 2.34. The second-order valence-electron chi connectivity index (χ2n) is 5.68. The van der Waals surface area contributed by atoms with Crippen molar-refractivity contribution < 1.29 is 14.6 Å². The quantitative estimate of drug-likeness (QED) is 0.802. The van der Waals surface area contributed by atoms with Crippen LogP contribution in [0.4, 0.5) is 0 Å². The van der Waals surface area contributed by atoms with Gasteiger partial charge in [-0.15, -0.1) is 0 Å². The summed E-state index contributed by atoms with van der Waals surface area (Å²) in [7, 11) is 0. The van der Waals surface area contributed by atoms with Crippen molar-refractivity contribution in [2.24, 2.45) is 11.3 Å². The Morgan fingerprint density at radius 2 is 1.81 bits per heavy atom. The highest BCUT2D eigenvalue weighted by atomic mass is 16.5. The number of carbonyl (C=O) groups is 1. The number of aliphatic hydroxyl groups excluding tert-OH is 1. The van der Waals surface area contributed by atoms with Crippen molar-refractivity contribution in [3.63, 3.8) is 0 Å². The summed E-state index contributed by atoms with van der Waals surface area (Å²) in [5.41, 5.74) is -0.219. The molecule has 1 rings (SSSR count). The monoisotopic (exact) mass is 228 g/mol. The molecule has 3 heteroatoms. The first-order valence-electron chi connectivity index (χ1n) is 6.22. The summed E-state index contributed by atoms with van der Waals surface area (Å²) in [5, 5.41) is 8.66. The first kappa shape index (κ1) is 13.7. The van der Waals surface area contributed by atoms with Crippen molar-refractivity contribution in [2.75, 3.05) is 13.2 Å². The Kier molecular flexibility index (Phi) is 4.93. The van der Waals surface area contributed by atoms with Crippen molar-refractivity contribution in [3.8, 4) is 0 Å². The molecule has 0 spiro atoms. The minimum atomic E-state index is -0.219. The second kappa shape index (κ2) is 5.78. The number of ether oxygens (including phenoxy) is 1. The summed E-state index contributed by atoms with van der Waals surface area (Å²) in [6, 6.07) is 0. The van der Waals surface area contributed by atoms with Gasteiger partial charge in [0.25, 0.3) is 0 Å². The van der Waals surface area contributed by atoms with Gasteiger partial charge in [-0.2, -0.15) is 0 Å². The molecule has 1 aliphatic rings. The largest absolute Gasteiger partial charge is 0.394 e. The average molecular weight is 228 g/mol. The third-order valence-electron chi connectivity index (χ3n) is 3.23. The maximum Gasteiger partial charge on any atom is 0.141 e. The maximum absolute atomic E-state index is 12.1. The molecule has 0 radical (unpaired) electrons. The number of Topliss-reactive ketones (excluding diaryl/α,β-unsaturated/α-hetero) is 1. The SMILES string of the molecule is CC(C)(C)C(=O)C1CCC(OCCO)CC1. The summed E-state index contributed by atoms with van der Waals surface area (Å²) in [4.78, 5) is 12.1. The molecule has 0 aromatic carbocycles. The lowest BCUT2D eigenvalue weighted by Gasteiger charge is -2.31. The van der Waals surface area contributed by atoms with Gasteiger partial charge in [0.2, 0.25) is 0 Å². The average Bonchev–Trinajstić information content (AvgIpc) is 2.25. The molecule has 1 fully saturated rings. The van der Waals surface area contributed by atoms with Gasteiger partial charge in [-0.3, -0.25) is 4.79 Å². The Bertz CT molecular complexity index is 222. The van der Waals surface area contributed by atoms with Crippen LogP contribution in [0.2, 0.25) is 0 Å². The Labute approximate surface area is 98.2 Å². The van der Waals surface area contributed by atoms with Crippen LogP contribution < -0.4 is 0 Å². The topological polar surface area (TPSA) is 46.5 Å². The van der Waals surface area contributed by atoms with E-state index in [1.54, 1.807) is 0 Å². The first-order valence-corrected chi connectivity index (χ1v) is 6.22. The van der Waals surface area contributed by atoms with Gasteiger partial charge < -0.3 is 9.84 Å². The minimum Gasteiger partial charge on any atom is -0.394 e. The fraction of sp³-hybridized carbons (Fsp3) is 0.923. The number of ketones is 1. The maximum atomic E-state index is 12.1. The summed E-state index contributed by atoms with van der Waals surface area (Å²) in [6.07, 6.45) is 4.02. The number of carbonyl (C=O) groups excluding carboxylic acids is 1. The van der Waals surface area contributed by atoms with E-state index < -0.39 is 0 Å². The molecule has 0 heterocycles. The van der Waals surface area contributed by atoms with Crippen molar-refractivity contribution >= 4 is 5.78 Å². The predicted octanol–water partition coefficient (Wildman–Crippen LogP) is 2.17. The standard InChI is InChI=1S/C13H24O3/c1-13(2,3)12(15)10-4-6-11(7-5-10)16-9-8-14/h10-11,14H,4-9H2,1-3H3. The third kappa shape index (κ3) is 3.87. The van der Waals surface area contributed by atoms with E-state index >= 15 is 0 Å². The van der Waals surface area contributed by atoms with Crippen molar-refractivity contribution in [3.05, 3.63) is 0 Å². The van der Waals surface area contributed by atoms with Crippen LogP contribution in [0.5, 0.6) is 0 Å². The number of hydrogen-bond donors (Lipinski definition) is 1. The number of hydrogen-bond acceptors (Lipinski definition) is 3. The van der Waals surface area contributed by atoms with Gasteiger partial charge in [0.05, 0.1) is 19.3 Å². The lowest BCUT2D eigenvalue weighted by atomic mass is 9.76. The van der Waals surface area contributed by atoms with E-state index in [2.05, 4.69) is 0 Å². The Hall–Kier alpha value is -0.410. The molecule has 94 valence electrons. The molecule has 3 nitrogen and oxygen atoms in total. The van der Waals surface area contributed by atoms with Crippen molar-refractivity contribution in [1.82, 2.24) is 0 Å². The van der Waals surface area contributed by atoms with E-state index in [1.165, 1.54) is 0 Å². The van der Waals surface area contributed by atoms with Gasteiger partial charge in [0, 0.05) is 11.3 Å². The van der Waals surface area contributed by atoms with Crippen LogP contribution in [0.3, 0.4) is 0 Å². The molecule has 1 saturated carbocycles. The van der Waals surface area contributed by atoms with Crippen molar-refractivity contribution in [2.45, 2.75) is 52.6 Å². The van der Waals surface area contributed by atoms with Crippen LogP contribution in [-0.2, 0) is 9.53 Å². The number of rotatable bonds is 4. The molecule has 0 unspecified atom stereocenters. The normalized spacial score (nSPS) is 26.8. The first-order chi connectivity index (χ1) is 7.45. The summed E-state index contributed by atoms with van der Waals surface area (Å²) >= 11 is 0. The third-order valence-corrected chi connectivity index (χ3v) is 3.23. The smallest absolute Gasteiger partial charge is 0.141 e. The Morgan fingerprint density at radius 3 is 2.25 bits per heavy atom. The van der Waals surface area contributed by atoms with E-state index in [-0.39, 0.29) is 24.0 Å². The summed E-state index contributed by atoms with van der Waals surface area (Å²) in [5.74, 6) is 0.599. The molecule has 0 amide bonds. The van der Waals surface area contributed by atoms with Crippen LogP contribution in [0.25, 0.3) is 0 Å².